The molecule has 0 amide bonds. The lowest BCUT2D eigenvalue weighted by Gasteiger charge is -2.27. The summed E-state index contributed by atoms with van der Waals surface area (Å²) in [6.07, 6.45) is 2.12. The Balaban J connectivity index is 0.00000364. The summed E-state index contributed by atoms with van der Waals surface area (Å²) in [5.74, 6) is 0.395. The fourth-order valence-electron chi connectivity index (χ4n) is 2.83. The molecule has 154 valence electrons. The largest absolute Gasteiger partial charge is 0.379 e. The van der Waals surface area contributed by atoms with Gasteiger partial charge in [-0.3, -0.25) is 4.99 Å². The number of hydrogen-bond acceptors (Lipinski definition) is 3. The van der Waals surface area contributed by atoms with E-state index in [2.05, 4.69) is 29.5 Å². The molecule has 27 heavy (non-hydrogen) atoms. The van der Waals surface area contributed by atoms with Crippen molar-refractivity contribution in [1.82, 2.24) is 10.6 Å². The molecule has 1 aliphatic heterocycles. The molecule has 2 N–H and O–H groups in total. The van der Waals surface area contributed by atoms with Crippen LogP contribution in [-0.4, -0.2) is 52.0 Å². The molecule has 0 aliphatic carbocycles. The minimum absolute atomic E-state index is 0. The summed E-state index contributed by atoms with van der Waals surface area (Å²) in [6, 6.07) is 4.52. The third-order valence-electron chi connectivity index (χ3n) is 4.44. The summed E-state index contributed by atoms with van der Waals surface area (Å²) < 4.78 is 24.3. The molecule has 0 radical (unpaired) electrons. The molecule has 0 spiro atoms. The van der Waals surface area contributed by atoms with Crippen molar-refractivity contribution in [1.29, 1.82) is 0 Å². The van der Waals surface area contributed by atoms with Crippen molar-refractivity contribution in [2.75, 3.05) is 40.0 Å². The lowest BCUT2D eigenvalue weighted by molar-refractivity contribution is 0.0420. The molecular formula is C19H30ClFIN3O2. The van der Waals surface area contributed by atoms with Crippen molar-refractivity contribution >= 4 is 41.5 Å². The van der Waals surface area contributed by atoms with Gasteiger partial charge in [-0.05, 0) is 30.5 Å². The van der Waals surface area contributed by atoms with Gasteiger partial charge < -0.3 is 20.1 Å². The summed E-state index contributed by atoms with van der Waals surface area (Å²) in [4.78, 5) is 4.24. The quantitative estimate of drug-likeness (QED) is 0.241. The second-order valence-corrected chi connectivity index (χ2v) is 7.48. The molecule has 1 atom stereocenters. The van der Waals surface area contributed by atoms with Gasteiger partial charge >= 0.3 is 0 Å². The van der Waals surface area contributed by atoms with Crippen molar-refractivity contribution in [3.8, 4) is 0 Å². The number of benzene rings is 1. The molecule has 1 aliphatic rings. The predicted molar refractivity (Wildman–Crippen MR) is 119 cm³/mol. The van der Waals surface area contributed by atoms with E-state index in [1.165, 1.54) is 12.1 Å². The number of rotatable bonds is 8. The second-order valence-electron chi connectivity index (χ2n) is 7.07. The standard InChI is InChI=1S/C19H29ClFN3O2.HI/c1-19(2,16-6-5-14(21)11-17(16)20)13-24-18(22-3)23-8-4-9-26-15-7-10-25-12-15;/h5-6,11,15H,4,7-10,12-13H2,1-3H3,(H2,22,23,24);1H. The normalized spacial score (nSPS) is 17.5. The van der Waals surface area contributed by atoms with E-state index in [-0.39, 0.29) is 41.3 Å². The number of aliphatic imine (C=N–C) groups is 1. The Kier molecular flexibility index (Phi) is 10.9. The molecule has 1 saturated heterocycles. The minimum atomic E-state index is -0.327. The molecule has 1 heterocycles. The Labute approximate surface area is 183 Å². The monoisotopic (exact) mass is 513 g/mol. The van der Waals surface area contributed by atoms with E-state index >= 15 is 0 Å². The maximum Gasteiger partial charge on any atom is 0.191 e. The van der Waals surface area contributed by atoms with E-state index < -0.39 is 0 Å². The highest BCUT2D eigenvalue weighted by Gasteiger charge is 2.24. The Morgan fingerprint density at radius 2 is 2.19 bits per heavy atom. The topological polar surface area (TPSA) is 54.9 Å². The Morgan fingerprint density at radius 3 is 2.81 bits per heavy atom. The third-order valence-corrected chi connectivity index (χ3v) is 4.75. The fraction of sp³-hybridized carbons (Fsp3) is 0.632. The van der Waals surface area contributed by atoms with Crippen LogP contribution in [0.5, 0.6) is 0 Å². The van der Waals surface area contributed by atoms with Crippen LogP contribution >= 0.6 is 35.6 Å². The molecule has 1 unspecified atom stereocenters. The highest BCUT2D eigenvalue weighted by atomic mass is 127. The first-order valence-electron chi connectivity index (χ1n) is 9.02. The highest BCUT2D eigenvalue weighted by molar-refractivity contribution is 14.0. The van der Waals surface area contributed by atoms with Gasteiger partial charge in [0, 0.05) is 43.8 Å². The van der Waals surface area contributed by atoms with Crippen LogP contribution in [-0.2, 0) is 14.9 Å². The van der Waals surface area contributed by atoms with Gasteiger partial charge in [-0.15, -0.1) is 24.0 Å². The number of halogens is 3. The van der Waals surface area contributed by atoms with Crippen LogP contribution in [0.2, 0.25) is 5.02 Å². The molecule has 0 bridgehead atoms. The van der Waals surface area contributed by atoms with E-state index in [9.17, 15) is 4.39 Å². The smallest absolute Gasteiger partial charge is 0.191 e. The molecule has 0 saturated carbocycles. The fourth-order valence-corrected chi connectivity index (χ4v) is 3.26. The average Bonchev–Trinajstić information content (AvgIpc) is 3.10. The van der Waals surface area contributed by atoms with Crippen LogP contribution in [0.15, 0.2) is 23.2 Å². The van der Waals surface area contributed by atoms with Crippen LogP contribution in [0.4, 0.5) is 4.39 Å². The number of nitrogens with zero attached hydrogens (tertiary/aromatic N) is 1. The number of nitrogens with one attached hydrogen (secondary N) is 2. The van der Waals surface area contributed by atoms with Gasteiger partial charge in [0.2, 0.25) is 0 Å². The summed E-state index contributed by atoms with van der Waals surface area (Å²) in [5, 5.41) is 7.02. The summed E-state index contributed by atoms with van der Waals surface area (Å²) in [6.45, 7) is 7.71. The van der Waals surface area contributed by atoms with Crippen LogP contribution in [0.25, 0.3) is 0 Å². The van der Waals surface area contributed by atoms with Gasteiger partial charge in [0.15, 0.2) is 5.96 Å². The van der Waals surface area contributed by atoms with E-state index in [1.807, 2.05) is 0 Å². The Bertz CT molecular complexity index is 611. The first-order chi connectivity index (χ1) is 12.4. The van der Waals surface area contributed by atoms with Crippen LogP contribution in [0.3, 0.4) is 0 Å². The minimum Gasteiger partial charge on any atom is -0.379 e. The van der Waals surface area contributed by atoms with Crippen molar-refractivity contribution in [3.05, 3.63) is 34.6 Å². The number of hydrogen-bond donors (Lipinski definition) is 2. The zero-order valence-corrected chi connectivity index (χ0v) is 19.3. The second kappa shape index (κ2) is 12.0. The predicted octanol–water partition coefficient (Wildman–Crippen LogP) is 3.74. The summed E-state index contributed by atoms with van der Waals surface area (Å²) in [7, 11) is 1.74. The maximum absolute atomic E-state index is 13.3. The van der Waals surface area contributed by atoms with Gasteiger partial charge in [-0.2, -0.15) is 0 Å². The molecule has 2 rings (SSSR count). The molecule has 0 aromatic heterocycles. The molecule has 1 aromatic rings. The first kappa shape index (κ1) is 24.4. The van der Waals surface area contributed by atoms with Crippen molar-refractivity contribution in [2.24, 2.45) is 4.99 Å². The maximum atomic E-state index is 13.3. The van der Waals surface area contributed by atoms with Gasteiger partial charge in [0.1, 0.15) is 5.82 Å². The number of ether oxygens (including phenoxy) is 2. The van der Waals surface area contributed by atoms with E-state index in [0.29, 0.717) is 24.8 Å². The van der Waals surface area contributed by atoms with Gasteiger partial charge in [0.25, 0.3) is 0 Å². The van der Waals surface area contributed by atoms with E-state index in [0.717, 1.165) is 37.5 Å². The lowest BCUT2D eigenvalue weighted by Crippen LogP contribution is -2.44. The van der Waals surface area contributed by atoms with Crippen molar-refractivity contribution in [2.45, 2.75) is 38.2 Å². The zero-order valence-electron chi connectivity index (χ0n) is 16.2. The Hall–Kier alpha value is -0.640. The molecular weight excluding hydrogens is 484 g/mol. The van der Waals surface area contributed by atoms with Crippen molar-refractivity contribution in [3.63, 3.8) is 0 Å². The van der Waals surface area contributed by atoms with Crippen molar-refractivity contribution < 1.29 is 13.9 Å². The van der Waals surface area contributed by atoms with Gasteiger partial charge in [0.05, 0.1) is 12.7 Å². The van der Waals surface area contributed by atoms with Crippen LogP contribution in [0, 0.1) is 5.82 Å². The zero-order chi connectivity index (χ0) is 19.0. The molecule has 8 heteroatoms. The highest BCUT2D eigenvalue weighted by Crippen LogP contribution is 2.29. The third kappa shape index (κ3) is 8.09. The van der Waals surface area contributed by atoms with Gasteiger partial charge in [-0.1, -0.05) is 31.5 Å². The molecule has 5 nitrogen and oxygen atoms in total. The molecule has 1 fully saturated rings. The Morgan fingerprint density at radius 1 is 1.41 bits per heavy atom. The van der Waals surface area contributed by atoms with Gasteiger partial charge in [-0.25, -0.2) is 4.39 Å². The average molecular weight is 514 g/mol. The summed E-state index contributed by atoms with van der Waals surface area (Å²) in [5.41, 5.74) is 0.629. The van der Waals surface area contributed by atoms with Crippen LogP contribution in [0.1, 0.15) is 32.3 Å². The van der Waals surface area contributed by atoms with E-state index in [4.69, 9.17) is 21.1 Å². The number of guanidine groups is 1. The van der Waals surface area contributed by atoms with E-state index in [1.54, 1.807) is 13.1 Å². The first-order valence-corrected chi connectivity index (χ1v) is 9.39. The SMILES string of the molecule is CN=C(NCCCOC1CCOC1)NCC(C)(C)c1ccc(F)cc1Cl.I. The van der Waals surface area contributed by atoms with Crippen LogP contribution < -0.4 is 10.6 Å². The summed E-state index contributed by atoms with van der Waals surface area (Å²) >= 11 is 6.20. The molecule has 1 aromatic carbocycles. The lowest BCUT2D eigenvalue weighted by atomic mass is 9.84.